The first-order chi connectivity index (χ1) is 9.78. The molecule has 20 heavy (non-hydrogen) atoms. The maximum atomic E-state index is 12.0. The summed E-state index contributed by atoms with van der Waals surface area (Å²) in [5.74, 6) is 0.193. The lowest BCUT2D eigenvalue weighted by atomic mass is 9.95. The van der Waals surface area contributed by atoms with Crippen LogP contribution in [-0.4, -0.2) is 55.7 Å². The number of rotatable bonds is 6. The van der Waals surface area contributed by atoms with E-state index in [9.17, 15) is 4.79 Å². The van der Waals surface area contributed by atoms with Crippen LogP contribution in [0.5, 0.6) is 0 Å². The fourth-order valence-corrected chi connectivity index (χ4v) is 3.19. The summed E-state index contributed by atoms with van der Waals surface area (Å²) in [6, 6.07) is 0.418. The van der Waals surface area contributed by atoms with Crippen molar-refractivity contribution in [2.45, 2.75) is 57.1 Å². The van der Waals surface area contributed by atoms with E-state index in [4.69, 9.17) is 10.5 Å². The normalized spacial score (nSPS) is 22.9. The van der Waals surface area contributed by atoms with E-state index in [1.165, 1.54) is 19.3 Å². The van der Waals surface area contributed by atoms with Gasteiger partial charge in [-0.1, -0.05) is 19.3 Å². The Kier molecular flexibility index (Phi) is 6.76. The van der Waals surface area contributed by atoms with Gasteiger partial charge in [-0.05, 0) is 25.7 Å². The summed E-state index contributed by atoms with van der Waals surface area (Å²) in [5, 5.41) is 3.18. The molecule has 116 valence electrons. The lowest BCUT2D eigenvalue weighted by Crippen LogP contribution is -2.46. The summed E-state index contributed by atoms with van der Waals surface area (Å²) in [5.41, 5.74) is 5.44. The molecule has 0 radical (unpaired) electrons. The molecule has 0 unspecified atom stereocenters. The number of hydrogen-bond acceptors (Lipinski definition) is 4. The van der Waals surface area contributed by atoms with Crippen molar-refractivity contribution in [3.8, 4) is 0 Å². The maximum absolute atomic E-state index is 12.0. The van der Waals surface area contributed by atoms with E-state index < -0.39 is 0 Å². The number of ether oxygens (including phenoxy) is 1. The second kappa shape index (κ2) is 8.60. The highest BCUT2D eigenvalue weighted by molar-refractivity contribution is 5.78. The molecule has 2 aliphatic rings. The van der Waals surface area contributed by atoms with Crippen LogP contribution in [0.2, 0.25) is 0 Å². The van der Waals surface area contributed by atoms with E-state index in [2.05, 4.69) is 10.2 Å². The van der Waals surface area contributed by atoms with Gasteiger partial charge in [-0.2, -0.15) is 0 Å². The van der Waals surface area contributed by atoms with E-state index >= 15 is 0 Å². The minimum Gasteiger partial charge on any atom is -0.377 e. The third-order valence-electron chi connectivity index (χ3n) is 4.34. The first-order valence-electron chi connectivity index (χ1n) is 8.11. The predicted molar refractivity (Wildman–Crippen MR) is 79.5 cm³/mol. The molecular weight excluding hydrogens is 254 g/mol. The highest BCUT2D eigenvalue weighted by Gasteiger charge is 2.22. The Labute approximate surface area is 122 Å². The van der Waals surface area contributed by atoms with E-state index in [-0.39, 0.29) is 5.91 Å². The van der Waals surface area contributed by atoms with Crippen molar-refractivity contribution in [1.82, 2.24) is 10.2 Å². The number of hydrogen-bond donors (Lipinski definition) is 2. The minimum absolute atomic E-state index is 0.193. The van der Waals surface area contributed by atoms with Gasteiger partial charge in [0.15, 0.2) is 0 Å². The van der Waals surface area contributed by atoms with E-state index in [0.717, 1.165) is 38.8 Å². The quantitative estimate of drug-likeness (QED) is 0.759. The number of nitrogens with one attached hydrogen (secondary N) is 1. The van der Waals surface area contributed by atoms with Gasteiger partial charge >= 0.3 is 0 Å². The summed E-state index contributed by atoms with van der Waals surface area (Å²) >= 11 is 0. The number of nitrogens with two attached hydrogens (primary N) is 1. The summed E-state index contributed by atoms with van der Waals surface area (Å²) in [6.07, 6.45) is 8.50. The van der Waals surface area contributed by atoms with Crippen LogP contribution in [0.25, 0.3) is 0 Å². The van der Waals surface area contributed by atoms with Crippen LogP contribution in [0.15, 0.2) is 0 Å². The maximum Gasteiger partial charge on any atom is 0.234 e. The van der Waals surface area contributed by atoms with Crippen molar-refractivity contribution < 1.29 is 9.53 Å². The van der Waals surface area contributed by atoms with Crippen LogP contribution in [-0.2, 0) is 9.53 Å². The summed E-state index contributed by atoms with van der Waals surface area (Å²) < 4.78 is 5.65. The van der Waals surface area contributed by atoms with Crippen molar-refractivity contribution in [2.24, 2.45) is 5.73 Å². The van der Waals surface area contributed by atoms with Gasteiger partial charge in [0.25, 0.3) is 0 Å². The number of likely N-dealkylation sites (tertiary alicyclic amines) is 1. The van der Waals surface area contributed by atoms with Crippen molar-refractivity contribution in [3.63, 3.8) is 0 Å². The van der Waals surface area contributed by atoms with Crippen molar-refractivity contribution in [1.29, 1.82) is 0 Å². The second-order valence-electron chi connectivity index (χ2n) is 6.04. The van der Waals surface area contributed by atoms with Crippen LogP contribution >= 0.6 is 0 Å². The van der Waals surface area contributed by atoms with Crippen LogP contribution in [0.1, 0.15) is 44.9 Å². The SMILES string of the molecule is NCCOC1CCN(CC(=O)NC2CCCCC2)CC1. The van der Waals surface area contributed by atoms with Crippen molar-refractivity contribution in [2.75, 3.05) is 32.8 Å². The predicted octanol–water partition coefficient (Wildman–Crippen LogP) is 0.875. The highest BCUT2D eigenvalue weighted by atomic mass is 16.5. The van der Waals surface area contributed by atoms with Gasteiger partial charge in [0.05, 0.1) is 19.3 Å². The summed E-state index contributed by atoms with van der Waals surface area (Å²) in [6.45, 7) is 3.68. The Bertz CT molecular complexity index is 285. The Morgan fingerprint density at radius 3 is 2.50 bits per heavy atom. The average Bonchev–Trinajstić information content (AvgIpc) is 2.47. The summed E-state index contributed by atoms with van der Waals surface area (Å²) in [7, 11) is 0. The van der Waals surface area contributed by atoms with Crippen molar-refractivity contribution >= 4 is 5.91 Å². The number of nitrogens with zero attached hydrogens (tertiary/aromatic N) is 1. The molecule has 5 heteroatoms. The molecule has 5 nitrogen and oxygen atoms in total. The second-order valence-corrected chi connectivity index (χ2v) is 6.04. The molecule has 1 heterocycles. The first kappa shape index (κ1) is 15.7. The van der Waals surface area contributed by atoms with Gasteiger partial charge < -0.3 is 15.8 Å². The largest absolute Gasteiger partial charge is 0.377 e. The minimum atomic E-state index is 0.193. The van der Waals surface area contributed by atoms with Gasteiger partial charge in [-0.25, -0.2) is 0 Å². The molecule has 2 fully saturated rings. The highest BCUT2D eigenvalue weighted by Crippen LogP contribution is 2.17. The zero-order chi connectivity index (χ0) is 14.2. The molecule has 3 N–H and O–H groups in total. The zero-order valence-electron chi connectivity index (χ0n) is 12.5. The molecule has 0 aromatic rings. The molecule has 0 aromatic carbocycles. The van der Waals surface area contributed by atoms with Crippen LogP contribution in [0, 0.1) is 0 Å². The molecule has 0 spiro atoms. The molecule has 0 bridgehead atoms. The van der Waals surface area contributed by atoms with Crippen molar-refractivity contribution in [3.05, 3.63) is 0 Å². The van der Waals surface area contributed by atoms with E-state index in [0.29, 0.717) is 31.8 Å². The molecule has 0 aromatic heterocycles. The topological polar surface area (TPSA) is 67.6 Å². The fraction of sp³-hybridized carbons (Fsp3) is 0.933. The molecule has 1 aliphatic carbocycles. The Morgan fingerprint density at radius 2 is 1.85 bits per heavy atom. The standard InChI is InChI=1S/C15H29N3O2/c16-8-11-20-14-6-9-18(10-7-14)12-15(19)17-13-4-2-1-3-5-13/h13-14H,1-12,16H2,(H,17,19). The van der Waals surface area contributed by atoms with E-state index in [1.807, 2.05) is 0 Å². The average molecular weight is 283 g/mol. The molecule has 1 saturated carbocycles. The zero-order valence-corrected chi connectivity index (χ0v) is 12.5. The van der Waals surface area contributed by atoms with Crippen LogP contribution in [0.3, 0.4) is 0 Å². The Balaban J connectivity index is 1.60. The lowest BCUT2D eigenvalue weighted by Gasteiger charge is -2.32. The molecule has 1 saturated heterocycles. The number of carbonyl (C=O) groups is 1. The van der Waals surface area contributed by atoms with Gasteiger partial charge in [-0.15, -0.1) is 0 Å². The molecule has 1 amide bonds. The summed E-state index contributed by atoms with van der Waals surface area (Å²) in [4.78, 5) is 14.3. The van der Waals surface area contributed by atoms with Gasteiger partial charge in [0, 0.05) is 25.7 Å². The Morgan fingerprint density at radius 1 is 1.15 bits per heavy atom. The Hall–Kier alpha value is -0.650. The smallest absolute Gasteiger partial charge is 0.234 e. The lowest BCUT2D eigenvalue weighted by molar-refractivity contribution is -0.123. The number of amides is 1. The molecule has 2 rings (SSSR count). The fourth-order valence-electron chi connectivity index (χ4n) is 3.19. The van der Waals surface area contributed by atoms with Gasteiger partial charge in [0.2, 0.25) is 5.91 Å². The van der Waals surface area contributed by atoms with Crippen LogP contribution < -0.4 is 11.1 Å². The molecule has 1 aliphatic heterocycles. The molecular formula is C15H29N3O2. The van der Waals surface area contributed by atoms with Crippen LogP contribution in [0.4, 0.5) is 0 Å². The monoisotopic (exact) mass is 283 g/mol. The molecule has 0 atom stereocenters. The van der Waals surface area contributed by atoms with Gasteiger partial charge in [0.1, 0.15) is 0 Å². The third kappa shape index (κ3) is 5.38. The van der Waals surface area contributed by atoms with Gasteiger partial charge in [-0.3, -0.25) is 9.69 Å². The third-order valence-corrected chi connectivity index (χ3v) is 4.34. The first-order valence-corrected chi connectivity index (χ1v) is 8.11. The van der Waals surface area contributed by atoms with E-state index in [1.54, 1.807) is 0 Å². The number of piperidine rings is 1. The number of carbonyl (C=O) groups excluding carboxylic acids is 1.